The minimum Gasteiger partial charge on any atom is -0.383 e. The summed E-state index contributed by atoms with van der Waals surface area (Å²) >= 11 is 3.45. The molecule has 1 heterocycles. The zero-order valence-electron chi connectivity index (χ0n) is 11.9. The zero-order chi connectivity index (χ0) is 14.1. The monoisotopic (exact) mass is 331 g/mol. The Morgan fingerprint density at radius 1 is 1.16 bits per heavy atom. The highest BCUT2D eigenvalue weighted by atomic mass is 79.9. The van der Waals surface area contributed by atoms with E-state index in [1.54, 1.807) is 14.2 Å². The predicted molar refractivity (Wildman–Crippen MR) is 79.7 cm³/mol. The summed E-state index contributed by atoms with van der Waals surface area (Å²) in [6.45, 7) is 5.02. The van der Waals surface area contributed by atoms with Gasteiger partial charge in [-0.25, -0.2) is 9.97 Å². The van der Waals surface area contributed by atoms with Gasteiger partial charge in [-0.2, -0.15) is 0 Å². The van der Waals surface area contributed by atoms with Crippen molar-refractivity contribution in [2.45, 2.75) is 19.8 Å². The first-order chi connectivity index (χ1) is 9.21. The van der Waals surface area contributed by atoms with Crippen LogP contribution in [0, 0.1) is 0 Å². The minimum absolute atomic E-state index is 0.661. The standard InChI is InChI=1S/C13H22BrN3O2/c1-4-5-12-15-11(14)10-13(16-12)17(6-8-18-2)7-9-19-3/h10H,4-9H2,1-3H3. The highest BCUT2D eigenvalue weighted by Crippen LogP contribution is 2.17. The lowest BCUT2D eigenvalue weighted by molar-refractivity contribution is 0.190. The fourth-order valence-electron chi connectivity index (χ4n) is 1.69. The molecule has 0 saturated carbocycles. The maximum Gasteiger partial charge on any atom is 0.133 e. The molecule has 0 aliphatic carbocycles. The van der Waals surface area contributed by atoms with Gasteiger partial charge in [0.1, 0.15) is 16.2 Å². The minimum atomic E-state index is 0.661. The van der Waals surface area contributed by atoms with E-state index in [0.29, 0.717) is 13.2 Å². The third-order valence-electron chi connectivity index (χ3n) is 2.66. The summed E-state index contributed by atoms with van der Waals surface area (Å²) in [6, 6.07) is 1.94. The van der Waals surface area contributed by atoms with E-state index in [4.69, 9.17) is 9.47 Å². The topological polar surface area (TPSA) is 47.5 Å². The van der Waals surface area contributed by atoms with Crippen LogP contribution in [0.25, 0.3) is 0 Å². The van der Waals surface area contributed by atoms with Crippen LogP contribution in [0.15, 0.2) is 10.7 Å². The lowest BCUT2D eigenvalue weighted by atomic mass is 10.3. The van der Waals surface area contributed by atoms with Crippen LogP contribution >= 0.6 is 15.9 Å². The highest BCUT2D eigenvalue weighted by Gasteiger charge is 2.10. The van der Waals surface area contributed by atoms with Crippen molar-refractivity contribution in [3.05, 3.63) is 16.5 Å². The van der Waals surface area contributed by atoms with Gasteiger partial charge in [0, 0.05) is 39.8 Å². The molecule has 5 nitrogen and oxygen atoms in total. The van der Waals surface area contributed by atoms with E-state index < -0.39 is 0 Å². The van der Waals surface area contributed by atoms with Gasteiger partial charge in [0.2, 0.25) is 0 Å². The fourth-order valence-corrected chi connectivity index (χ4v) is 2.10. The molecule has 6 heteroatoms. The molecule has 108 valence electrons. The summed E-state index contributed by atoms with van der Waals surface area (Å²) in [5, 5.41) is 0. The van der Waals surface area contributed by atoms with Crippen LogP contribution in [0.1, 0.15) is 19.2 Å². The number of nitrogens with zero attached hydrogens (tertiary/aromatic N) is 3. The molecule has 1 rings (SSSR count). The Labute approximate surface area is 123 Å². The molecule has 0 aromatic carbocycles. The first-order valence-electron chi connectivity index (χ1n) is 6.47. The normalized spacial score (nSPS) is 10.7. The predicted octanol–water partition coefficient (Wildman–Crippen LogP) is 2.29. The van der Waals surface area contributed by atoms with Crippen molar-refractivity contribution in [3.8, 4) is 0 Å². The smallest absolute Gasteiger partial charge is 0.133 e. The molecule has 0 aliphatic rings. The molecule has 1 aromatic rings. The Kier molecular flexibility index (Phi) is 7.93. The molecular formula is C13H22BrN3O2. The number of hydrogen-bond acceptors (Lipinski definition) is 5. The second-order valence-electron chi connectivity index (χ2n) is 4.19. The van der Waals surface area contributed by atoms with Crippen LogP contribution < -0.4 is 4.90 Å². The van der Waals surface area contributed by atoms with Crippen LogP contribution in [-0.4, -0.2) is 50.5 Å². The van der Waals surface area contributed by atoms with E-state index >= 15 is 0 Å². The van der Waals surface area contributed by atoms with Crippen LogP contribution in [0.5, 0.6) is 0 Å². The van der Waals surface area contributed by atoms with Gasteiger partial charge < -0.3 is 14.4 Å². The van der Waals surface area contributed by atoms with Crippen molar-refractivity contribution >= 4 is 21.7 Å². The number of methoxy groups -OCH3 is 2. The first kappa shape index (κ1) is 16.3. The summed E-state index contributed by atoms with van der Waals surface area (Å²) in [4.78, 5) is 11.1. The van der Waals surface area contributed by atoms with E-state index in [0.717, 1.165) is 42.2 Å². The van der Waals surface area contributed by atoms with E-state index in [1.807, 2.05) is 6.07 Å². The van der Waals surface area contributed by atoms with Crippen molar-refractivity contribution in [2.75, 3.05) is 45.4 Å². The molecule has 0 fully saturated rings. The molecule has 0 amide bonds. The van der Waals surface area contributed by atoms with Crippen LogP contribution in [0.2, 0.25) is 0 Å². The summed E-state index contributed by atoms with van der Waals surface area (Å²) in [5.41, 5.74) is 0. The van der Waals surface area contributed by atoms with Crippen molar-refractivity contribution in [2.24, 2.45) is 0 Å². The lowest BCUT2D eigenvalue weighted by Gasteiger charge is -2.23. The lowest BCUT2D eigenvalue weighted by Crippen LogP contribution is -2.31. The van der Waals surface area contributed by atoms with E-state index in [-0.39, 0.29) is 0 Å². The molecule has 19 heavy (non-hydrogen) atoms. The molecular weight excluding hydrogens is 310 g/mol. The summed E-state index contributed by atoms with van der Waals surface area (Å²) in [7, 11) is 3.40. The van der Waals surface area contributed by atoms with Crippen molar-refractivity contribution in [1.82, 2.24) is 9.97 Å². The average molecular weight is 332 g/mol. The third kappa shape index (κ3) is 5.84. The SMILES string of the molecule is CCCc1nc(Br)cc(N(CCOC)CCOC)n1. The molecule has 0 atom stereocenters. The Balaban J connectivity index is 2.85. The number of aromatic nitrogens is 2. The first-order valence-corrected chi connectivity index (χ1v) is 7.26. The molecule has 0 unspecified atom stereocenters. The maximum absolute atomic E-state index is 5.14. The van der Waals surface area contributed by atoms with Crippen molar-refractivity contribution in [1.29, 1.82) is 0 Å². The average Bonchev–Trinajstić information content (AvgIpc) is 2.38. The van der Waals surface area contributed by atoms with Crippen LogP contribution in [0.3, 0.4) is 0 Å². The molecule has 1 aromatic heterocycles. The maximum atomic E-state index is 5.14. The molecule has 0 N–H and O–H groups in total. The van der Waals surface area contributed by atoms with Gasteiger partial charge in [0.15, 0.2) is 0 Å². The number of rotatable bonds is 9. The van der Waals surface area contributed by atoms with Crippen molar-refractivity contribution < 1.29 is 9.47 Å². The van der Waals surface area contributed by atoms with Gasteiger partial charge in [-0.05, 0) is 22.4 Å². The van der Waals surface area contributed by atoms with E-state index in [1.165, 1.54) is 0 Å². The van der Waals surface area contributed by atoms with Gasteiger partial charge in [-0.15, -0.1) is 0 Å². The molecule has 0 radical (unpaired) electrons. The third-order valence-corrected chi connectivity index (χ3v) is 3.06. The van der Waals surface area contributed by atoms with Gasteiger partial charge in [0.05, 0.1) is 13.2 Å². The largest absolute Gasteiger partial charge is 0.383 e. The Hall–Kier alpha value is -0.720. The number of halogens is 1. The van der Waals surface area contributed by atoms with E-state index in [9.17, 15) is 0 Å². The summed E-state index contributed by atoms with van der Waals surface area (Å²) < 4.78 is 11.1. The van der Waals surface area contributed by atoms with E-state index in [2.05, 4.69) is 37.7 Å². The second kappa shape index (κ2) is 9.23. The number of anilines is 1. The Morgan fingerprint density at radius 3 is 2.32 bits per heavy atom. The number of hydrogen-bond donors (Lipinski definition) is 0. The second-order valence-corrected chi connectivity index (χ2v) is 5.00. The van der Waals surface area contributed by atoms with Gasteiger partial charge in [0.25, 0.3) is 0 Å². The summed E-state index contributed by atoms with van der Waals surface area (Å²) in [6.07, 6.45) is 1.92. The van der Waals surface area contributed by atoms with Crippen LogP contribution in [-0.2, 0) is 15.9 Å². The van der Waals surface area contributed by atoms with Gasteiger partial charge >= 0.3 is 0 Å². The van der Waals surface area contributed by atoms with Crippen LogP contribution in [0.4, 0.5) is 5.82 Å². The highest BCUT2D eigenvalue weighted by molar-refractivity contribution is 9.10. The summed E-state index contributed by atoms with van der Waals surface area (Å²) in [5.74, 6) is 1.78. The fraction of sp³-hybridized carbons (Fsp3) is 0.692. The number of ether oxygens (including phenoxy) is 2. The molecule has 0 aliphatic heterocycles. The molecule has 0 spiro atoms. The molecule has 0 saturated heterocycles. The van der Waals surface area contributed by atoms with Crippen molar-refractivity contribution in [3.63, 3.8) is 0 Å². The Bertz CT molecular complexity index is 369. The van der Waals surface area contributed by atoms with Gasteiger partial charge in [-0.1, -0.05) is 6.92 Å². The Morgan fingerprint density at radius 2 is 1.79 bits per heavy atom. The number of aryl methyl sites for hydroxylation is 1. The zero-order valence-corrected chi connectivity index (χ0v) is 13.4. The molecule has 0 bridgehead atoms. The quantitative estimate of drug-likeness (QED) is 0.650. The van der Waals surface area contributed by atoms with Gasteiger partial charge in [-0.3, -0.25) is 0 Å².